The molecule has 2 saturated carbocycles. The molecule has 1 amide bonds. The number of nitrogens with one attached hydrogen (secondary N) is 1. The van der Waals surface area contributed by atoms with E-state index in [-0.39, 0.29) is 54.4 Å². The van der Waals surface area contributed by atoms with Crippen LogP contribution in [0, 0.1) is 11.8 Å². The Hall–Kier alpha value is -1.11. The van der Waals surface area contributed by atoms with Gasteiger partial charge in [-0.1, -0.05) is 40.9 Å². The van der Waals surface area contributed by atoms with E-state index in [1.54, 1.807) is 24.3 Å². The zero-order valence-electron chi connectivity index (χ0n) is 17.7. The van der Waals surface area contributed by atoms with Crippen molar-refractivity contribution in [1.82, 2.24) is 0 Å². The van der Waals surface area contributed by atoms with Gasteiger partial charge in [-0.15, -0.1) is 23.2 Å². The fraction of sp³-hybridized carbons (Fsp3) is 0.417. The number of ketones is 1. The largest absolute Gasteiger partial charge is 0.326 e. The Balaban J connectivity index is 1.44. The monoisotopic (exact) mass is 567 g/mol. The Morgan fingerprint density at radius 1 is 0.941 bits per heavy atom. The highest BCUT2D eigenvalue weighted by Crippen LogP contribution is 2.65. The van der Waals surface area contributed by atoms with E-state index in [1.165, 1.54) is 12.1 Å². The van der Waals surface area contributed by atoms with Gasteiger partial charge < -0.3 is 5.32 Å². The summed E-state index contributed by atoms with van der Waals surface area (Å²) < 4.78 is 25.5. The maximum Gasteiger partial charge on any atom is 0.248 e. The second kappa shape index (κ2) is 9.74. The average molecular weight is 570 g/mol. The van der Waals surface area contributed by atoms with Crippen molar-refractivity contribution < 1.29 is 18.4 Å². The molecule has 2 fully saturated rings. The van der Waals surface area contributed by atoms with Crippen LogP contribution in [0.25, 0.3) is 0 Å². The maximum atomic E-state index is 13.4. The van der Waals surface area contributed by atoms with Crippen LogP contribution in [0.15, 0.2) is 36.4 Å². The van der Waals surface area contributed by atoms with Crippen LogP contribution in [0.3, 0.4) is 0 Å². The van der Waals surface area contributed by atoms with Crippen LogP contribution in [0.5, 0.6) is 0 Å². The number of halogens is 7. The molecule has 0 bridgehead atoms. The van der Waals surface area contributed by atoms with Gasteiger partial charge in [-0.3, -0.25) is 9.59 Å². The molecule has 0 aliphatic heterocycles. The lowest BCUT2D eigenvalue weighted by Gasteiger charge is -2.27. The quantitative estimate of drug-likeness (QED) is 0.280. The topological polar surface area (TPSA) is 46.2 Å². The van der Waals surface area contributed by atoms with Gasteiger partial charge in [0, 0.05) is 36.4 Å². The Bertz CT molecular complexity index is 1130. The third kappa shape index (κ3) is 5.49. The first-order valence-electron chi connectivity index (χ1n) is 10.7. The normalized spacial score (nSPS) is 23.4. The van der Waals surface area contributed by atoms with Crippen LogP contribution in [0.4, 0.5) is 14.5 Å². The van der Waals surface area contributed by atoms with Gasteiger partial charge in [0.05, 0.1) is 21.0 Å². The molecule has 34 heavy (non-hydrogen) atoms. The summed E-state index contributed by atoms with van der Waals surface area (Å²) in [5.74, 6) is -4.67. The Morgan fingerprint density at radius 2 is 1.59 bits per heavy atom. The number of anilines is 1. The highest BCUT2D eigenvalue weighted by Gasteiger charge is 2.67. The van der Waals surface area contributed by atoms with Gasteiger partial charge in [0.15, 0.2) is 5.78 Å². The molecule has 4 rings (SSSR count). The molecule has 2 atom stereocenters. The minimum absolute atomic E-state index is 0.118. The molecule has 1 N–H and O–H groups in total. The van der Waals surface area contributed by atoms with Gasteiger partial charge in [0.2, 0.25) is 11.8 Å². The smallest absolute Gasteiger partial charge is 0.248 e. The van der Waals surface area contributed by atoms with Gasteiger partial charge >= 0.3 is 0 Å². The Morgan fingerprint density at radius 3 is 2.24 bits per heavy atom. The number of rotatable bonds is 6. The lowest BCUT2D eigenvalue weighted by molar-refractivity contribution is -0.117. The molecule has 3 nitrogen and oxygen atoms in total. The van der Waals surface area contributed by atoms with Gasteiger partial charge in [-0.25, -0.2) is 8.78 Å². The number of alkyl halides is 4. The summed E-state index contributed by atoms with van der Waals surface area (Å²) in [5, 5.41) is 3.68. The SMILES string of the molecule is O=C(CC1CCC(F)(F)CC1)c1cc(NC(=O)C2C(c3ccc(Cl)c(Cl)c3)C2(Cl)Cl)ccc1Cl. The number of amides is 1. The van der Waals surface area contributed by atoms with E-state index in [4.69, 9.17) is 58.0 Å². The molecule has 0 saturated heterocycles. The molecule has 0 spiro atoms. The van der Waals surface area contributed by atoms with Crippen molar-refractivity contribution in [1.29, 1.82) is 0 Å². The molecule has 2 aliphatic rings. The molecule has 10 heteroatoms. The van der Waals surface area contributed by atoms with Gasteiger partial charge in [0.25, 0.3) is 0 Å². The van der Waals surface area contributed by atoms with Gasteiger partial charge in [-0.05, 0) is 54.7 Å². The molecule has 0 aromatic heterocycles. The summed E-state index contributed by atoms with van der Waals surface area (Å²) in [7, 11) is 0. The van der Waals surface area contributed by atoms with E-state index in [2.05, 4.69) is 5.32 Å². The first kappa shape index (κ1) is 26.0. The van der Waals surface area contributed by atoms with Crippen LogP contribution in [-0.2, 0) is 4.79 Å². The van der Waals surface area contributed by atoms with E-state index >= 15 is 0 Å². The van der Waals surface area contributed by atoms with Gasteiger partial charge in [0.1, 0.15) is 4.33 Å². The first-order valence-corrected chi connectivity index (χ1v) is 12.6. The summed E-state index contributed by atoms with van der Waals surface area (Å²) >= 11 is 31.1. The average Bonchev–Trinajstić information content (AvgIpc) is 3.35. The van der Waals surface area contributed by atoms with E-state index in [1.807, 2.05) is 0 Å². The number of hydrogen-bond acceptors (Lipinski definition) is 2. The summed E-state index contributed by atoms with van der Waals surface area (Å²) in [6, 6.07) is 9.52. The fourth-order valence-electron chi connectivity index (χ4n) is 4.49. The second-order valence-corrected chi connectivity index (χ2v) is 11.6. The van der Waals surface area contributed by atoms with Crippen molar-refractivity contribution in [2.45, 2.75) is 48.3 Å². The molecular weight excluding hydrogens is 550 g/mol. The van der Waals surface area contributed by atoms with Crippen LogP contribution < -0.4 is 5.32 Å². The number of hydrogen-bond donors (Lipinski definition) is 1. The lowest BCUT2D eigenvalue weighted by Crippen LogP contribution is -2.25. The Kier molecular flexibility index (Phi) is 7.44. The first-order chi connectivity index (χ1) is 15.9. The molecule has 2 aromatic rings. The maximum absolute atomic E-state index is 13.4. The van der Waals surface area contributed by atoms with E-state index in [0.717, 1.165) is 0 Å². The summed E-state index contributed by atoms with van der Waals surface area (Å²) in [6.45, 7) is 0. The van der Waals surface area contributed by atoms with Crippen LogP contribution in [-0.4, -0.2) is 21.9 Å². The second-order valence-electron chi connectivity index (χ2n) is 8.91. The van der Waals surface area contributed by atoms with Gasteiger partial charge in [-0.2, -0.15) is 0 Å². The molecule has 2 aromatic carbocycles. The third-order valence-electron chi connectivity index (χ3n) is 6.48. The predicted molar refractivity (Wildman–Crippen MR) is 133 cm³/mol. The number of Topliss-reactive ketones (excluding diaryl/α,β-unsaturated/α-hetero) is 1. The van der Waals surface area contributed by atoms with Crippen LogP contribution >= 0.6 is 58.0 Å². The van der Waals surface area contributed by atoms with Crippen LogP contribution in [0.2, 0.25) is 15.1 Å². The Labute approximate surface area is 221 Å². The van der Waals surface area contributed by atoms with E-state index < -0.39 is 28.0 Å². The van der Waals surface area contributed by atoms with Crippen molar-refractivity contribution in [3.63, 3.8) is 0 Å². The summed E-state index contributed by atoms with van der Waals surface area (Å²) in [6.07, 6.45) is 0.279. The fourth-order valence-corrected chi connectivity index (χ4v) is 5.84. The van der Waals surface area contributed by atoms with E-state index in [9.17, 15) is 18.4 Å². The summed E-state index contributed by atoms with van der Waals surface area (Å²) in [5.41, 5.74) is 1.28. The zero-order chi connectivity index (χ0) is 24.8. The third-order valence-corrected chi connectivity index (χ3v) is 8.49. The standard InChI is InChI=1S/C24H20Cl5F2NO2/c25-16-4-2-14(11-15(16)19(33)9-12-5-7-23(30,31)8-6-12)32-22(34)21-20(24(21,28)29)13-1-3-17(26)18(27)10-13/h1-4,10-12,20-21H,5-9H2,(H,32,34). The number of benzene rings is 2. The number of carbonyl (C=O) groups is 2. The highest BCUT2D eigenvalue weighted by molar-refractivity contribution is 6.53. The van der Waals surface area contributed by atoms with Crippen molar-refractivity contribution >= 4 is 75.4 Å². The van der Waals surface area contributed by atoms with Crippen molar-refractivity contribution in [3.05, 3.63) is 62.6 Å². The lowest BCUT2D eigenvalue weighted by atomic mass is 9.83. The van der Waals surface area contributed by atoms with E-state index in [0.29, 0.717) is 21.3 Å². The molecule has 0 radical (unpaired) electrons. The van der Waals surface area contributed by atoms with Crippen molar-refractivity contribution in [2.75, 3.05) is 5.32 Å². The highest BCUT2D eigenvalue weighted by atomic mass is 35.5. The predicted octanol–water partition coefficient (Wildman–Crippen LogP) is 8.57. The molecule has 2 aliphatic carbocycles. The molecule has 0 heterocycles. The molecule has 182 valence electrons. The zero-order valence-corrected chi connectivity index (χ0v) is 21.5. The summed E-state index contributed by atoms with van der Waals surface area (Å²) in [4.78, 5) is 25.8. The van der Waals surface area contributed by atoms with Crippen molar-refractivity contribution in [3.8, 4) is 0 Å². The minimum Gasteiger partial charge on any atom is -0.326 e. The molecule has 2 unspecified atom stereocenters. The molecular formula is C24H20Cl5F2NO2. The minimum atomic E-state index is -2.65. The van der Waals surface area contributed by atoms with Crippen LogP contribution in [0.1, 0.15) is 53.9 Å². The van der Waals surface area contributed by atoms with Crippen molar-refractivity contribution in [2.24, 2.45) is 11.8 Å². The number of carbonyl (C=O) groups excluding carboxylic acids is 2.